The van der Waals surface area contributed by atoms with Gasteiger partial charge in [0.05, 0.1) is 22.5 Å². The van der Waals surface area contributed by atoms with Crippen LogP contribution in [0, 0.1) is 13.8 Å². The minimum atomic E-state index is -0.0753. The van der Waals surface area contributed by atoms with Crippen molar-refractivity contribution in [2.45, 2.75) is 33.4 Å². The maximum atomic E-state index is 13.1. The van der Waals surface area contributed by atoms with Crippen LogP contribution in [-0.4, -0.2) is 30.8 Å². The lowest BCUT2D eigenvalue weighted by atomic mass is 10.1. The van der Waals surface area contributed by atoms with Crippen LogP contribution in [0.25, 0.3) is 5.69 Å². The predicted octanol–water partition coefficient (Wildman–Crippen LogP) is 1.43. The van der Waals surface area contributed by atoms with Gasteiger partial charge in [-0.2, -0.15) is 0 Å². The number of aromatic amines is 1. The molecule has 0 saturated heterocycles. The monoisotopic (exact) mass is 365 g/mol. The molecule has 1 N–H and O–H groups in total. The second kappa shape index (κ2) is 6.66. The van der Waals surface area contributed by atoms with E-state index in [1.807, 2.05) is 49.0 Å². The molecule has 0 atom stereocenters. The number of hydrogen-bond donors (Lipinski definition) is 1. The molecule has 27 heavy (non-hydrogen) atoms. The molecule has 3 heterocycles. The van der Waals surface area contributed by atoms with Crippen molar-refractivity contribution in [3.63, 3.8) is 0 Å². The number of aromatic nitrogens is 4. The fourth-order valence-corrected chi connectivity index (χ4v) is 3.77. The molecule has 1 aromatic carbocycles. The molecule has 0 radical (unpaired) electrons. The summed E-state index contributed by atoms with van der Waals surface area (Å²) in [7, 11) is 1.90. The summed E-state index contributed by atoms with van der Waals surface area (Å²) in [5, 5.41) is 0. The van der Waals surface area contributed by atoms with Gasteiger partial charge in [-0.25, -0.2) is 9.67 Å². The molecule has 0 bridgehead atoms. The molecule has 4 rings (SSSR count). The highest BCUT2D eigenvalue weighted by atomic mass is 16.1. The van der Waals surface area contributed by atoms with Crippen molar-refractivity contribution in [1.82, 2.24) is 24.2 Å². The first kappa shape index (κ1) is 17.5. The third-order valence-electron chi connectivity index (χ3n) is 5.32. The van der Waals surface area contributed by atoms with Crippen molar-refractivity contribution >= 4 is 0 Å². The number of aryl methyl sites for hydroxylation is 1. The lowest BCUT2D eigenvalue weighted by molar-refractivity contribution is 0.240. The van der Waals surface area contributed by atoms with Crippen LogP contribution in [0.3, 0.4) is 0 Å². The summed E-state index contributed by atoms with van der Waals surface area (Å²) in [6, 6.07) is 9.63. The highest BCUT2D eigenvalue weighted by molar-refractivity contribution is 5.33. The number of nitrogens with zero attached hydrogens (tertiary/aromatic N) is 4. The average molecular weight is 365 g/mol. The summed E-state index contributed by atoms with van der Waals surface area (Å²) in [5.41, 5.74) is 4.05. The average Bonchev–Trinajstić information content (AvgIpc) is 2.86. The molecule has 0 saturated carbocycles. The van der Waals surface area contributed by atoms with Gasteiger partial charge < -0.3 is 4.98 Å². The maximum Gasteiger partial charge on any atom is 0.276 e. The number of rotatable bonds is 3. The van der Waals surface area contributed by atoms with E-state index in [1.165, 1.54) is 0 Å². The zero-order chi connectivity index (χ0) is 19.1. The Morgan fingerprint density at radius 2 is 1.89 bits per heavy atom. The molecule has 7 nitrogen and oxygen atoms in total. The van der Waals surface area contributed by atoms with E-state index in [0.717, 1.165) is 35.6 Å². The molecule has 0 unspecified atom stereocenters. The van der Waals surface area contributed by atoms with Crippen LogP contribution in [-0.2, 0) is 26.6 Å². The van der Waals surface area contributed by atoms with Crippen LogP contribution in [0.4, 0.5) is 0 Å². The van der Waals surface area contributed by atoms with Crippen LogP contribution >= 0.6 is 0 Å². The van der Waals surface area contributed by atoms with Gasteiger partial charge in [0.1, 0.15) is 5.82 Å². The first-order valence-electron chi connectivity index (χ1n) is 9.09. The lowest BCUT2D eigenvalue weighted by Gasteiger charge is -2.27. The highest BCUT2D eigenvalue weighted by Gasteiger charge is 2.24. The Bertz CT molecular complexity index is 1110. The Balaban J connectivity index is 1.66. The molecule has 0 spiro atoms. The van der Waals surface area contributed by atoms with Crippen molar-refractivity contribution in [2.75, 3.05) is 6.54 Å². The van der Waals surface area contributed by atoms with E-state index in [-0.39, 0.29) is 11.1 Å². The highest BCUT2D eigenvalue weighted by Crippen LogP contribution is 2.18. The van der Waals surface area contributed by atoms with E-state index in [1.54, 1.807) is 11.6 Å². The molecule has 7 heteroatoms. The molecule has 1 aliphatic rings. The Hall–Kier alpha value is -2.93. The van der Waals surface area contributed by atoms with Gasteiger partial charge in [0.25, 0.3) is 11.1 Å². The summed E-state index contributed by atoms with van der Waals surface area (Å²) < 4.78 is 3.59. The Kier molecular flexibility index (Phi) is 4.31. The third kappa shape index (κ3) is 3.04. The van der Waals surface area contributed by atoms with E-state index in [2.05, 4.69) is 14.9 Å². The van der Waals surface area contributed by atoms with Crippen LogP contribution < -0.4 is 11.1 Å². The van der Waals surface area contributed by atoms with Crippen LogP contribution in [0.5, 0.6) is 0 Å². The summed E-state index contributed by atoms with van der Waals surface area (Å²) in [6.45, 7) is 5.57. The molecule has 2 aromatic heterocycles. The van der Waals surface area contributed by atoms with Crippen molar-refractivity contribution in [3.05, 3.63) is 79.4 Å². The van der Waals surface area contributed by atoms with Gasteiger partial charge in [0, 0.05) is 38.8 Å². The summed E-state index contributed by atoms with van der Waals surface area (Å²) in [4.78, 5) is 34.7. The van der Waals surface area contributed by atoms with Gasteiger partial charge in [-0.15, -0.1) is 0 Å². The van der Waals surface area contributed by atoms with Crippen LogP contribution in [0.15, 0.2) is 39.9 Å². The van der Waals surface area contributed by atoms with Gasteiger partial charge in [0.2, 0.25) is 0 Å². The molecule has 0 amide bonds. The number of benzene rings is 1. The molecular formula is C20H23N5O2. The zero-order valence-corrected chi connectivity index (χ0v) is 15.8. The standard InChI is InChI=1S/C20H23N5O2/c1-13-16(20(27)25(23(13)3)15-7-5-4-6-8-15)11-24-10-9-18-17(12-24)19(26)22-14(2)21-18/h4-8H,9-12H2,1-3H3,(H,21,22,26). The second-order valence-electron chi connectivity index (χ2n) is 7.08. The van der Waals surface area contributed by atoms with Crippen LogP contribution in [0.1, 0.15) is 28.3 Å². The summed E-state index contributed by atoms with van der Waals surface area (Å²) >= 11 is 0. The zero-order valence-electron chi connectivity index (χ0n) is 15.8. The largest absolute Gasteiger partial charge is 0.310 e. The smallest absolute Gasteiger partial charge is 0.276 e. The quantitative estimate of drug-likeness (QED) is 0.762. The van der Waals surface area contributed by atoms with E-state index in [4.69, 9.17) is 0 Å². The van der Waals surface area contributed by atoms with Gasteiger partial charge >= 0.3 is 0 Å². The number of hydrogen-bond acceptors (Lipinski definition) is 4. The number of nitrogens with one attached hydrogen (secondary N) is 1. The van der Waals surface area contributed by atoms with E-state index in [0.29, 0.717) is 24.5 Å². The molecule has 3 aromatic rings. The van der Waals surface area contributed by atoms with Crippen molar-refractivity contribution in [3.8, 4) is 5.69 Å². The van der Waals surface area contributed by atoms with Crippen molar-refractivity contribution < 1.29 is 0 Å². The Labute approximate surface area is 156 Å². The van der Waals surface area contributed by atoms with Gasteiger partial charge in [0.15, 0.2) is 0 Å². The maximum absolute atomic E-state index is 13.1. The number of fused-ring (bicyclic) bond motifs is 1. The van der Waals surface area contributed by atoms with E-state index in [9.17, 15) is 9.59 Å². The Morgan fingerprint density at radius 3 is 2.63 bits per heavy atom. The topological polar surface area (TPSA) is 75.9 Å². The summed E-state index contributed by atoms with van der Waals surface area (Å²) in [5.74, 6) is 0.650. The lowest BCUT2D eigenvalue weighted by Crippen LogP contribution is -2.36. The summed E-state index contributed by atoms with van der Waals surface area (Å²) in [6.07, 6.45) is 0.721. The first-order valence-corrected chi connectivity index (χ1v) is 9.09. The third-order valence-corrected chi connectivity index (χ3v) is 5.32. The molecular weight excluding hydrogens is 342 g/mol. The number of para-hydroxylation sites is 1. The molecule has 140 valence electrons. The van der Waals surface area contributed by atoms with E-state index < -0.39 is 0 Å². The van der Waals surface area contributed by atoms with Crippen molar-refractivity contribution in [1.29, 1.82) is 0 Å². The minimum Gasteiger partial charge on any atom is -0.310 e. The fourth-order valence-electron chi connectivity index (χ4n) is 3.77. The second-order valence-corrected chi connectivity index (χ2v) is 7.08. The minimum absolute atomic E-state index is 0.0112. The van der Waals surface area contributed by atoms with E-state index >= 15 is 0 Å². The Morgan fingerprint density at radius 1 is 1.15 bits per heavy atom. The molecule has 0 fully saturated rings. The first-order chi connectivity index (χ1) is 13.0. The fraction of sp³-hybridized carbons (Fsp3) is 0.350. The van der Waals surface area contributed by atoms with Crippen LogP contribution in [0.2, 0.25) is 0 Å². The van der Waals surface area contributed by atoms with Crippen molar-refractivity contribution in [2.24, 2.45) is 7.05 Å². The predicted molar refractivity (Wildman–Crippen MR) is 103 cm³/mol. The molecule has 0 aliphatic carbocycles. The normalized spacial score (nSPS) is 14.3. The SMILES string of the molecule is Cc1nc2c(c(=O)[nH]1)CN(Cc1c(C)n(C)n(-c3ccccc3)c1=O)CC2. The van der Waals surface area contributed by atoms with Gasteiger partial charge in [-0.1, -0.05) is 18.2 Å². The molecule has 1 aliphatic heterocycles. The van der Waals surface area contributed by atoms with Gasteiger partial charge in [-0.3, -0.25) is 19.2 Å². The number of H-pyrrole nitrogens is 1. The van der Waals surface area contributed by atoms with Gasteiger partial charge in [-0.05, 0) is 26.0 Å².